The van der Waals surface area contributed by atoms with Crippen LogP contribution in [-0.4, -0.2) is 75.0 Å². The number of hydrogen-bond donors (Lipinski definition) is 2. The summed E-state index contributed by atoms with van der Waals surface area (Å²) in [5.74, 6) is 0.166. The maximum Gasteiger partial charge on any atom is 0.419 e. The van der Waals surface area contributed by atoms with Crippen molar-refractivity contribution in [3.63, 3.8) is 0 Å². The molecule has 1 fully saturated rings. The third-order valence-electron chi connectivity index (χ3n) is 7.25. The van der Waals surface area contributed by atoms with Gasteiger partial charge < -0.3 is 15.2 Å². The molecule has 1 saturated carbocycles. The summed E-state index contributed by atoms with van der Waals surface area (Å²) in [6.07, 6.45) is 4.24. The molecule has 1 aliphatic rings. The van der Waals surface area contributed by atoms with Crippen LogP contribution in [0.3, 0.4) is 0 Å². The molecule has 0 aromatic carbocycles. The molecule has 17 heteroatoms. The number of carboxylic acid groups (broad SMARTS) is 1. The predicted molar refractivity (Wildman–Crippen MR) is 155 cm³/mol. The molecular weight excluding hydrogens is 617 g/mol. The first-order valence-electron chi connectivity index (χ1n) is 13.5. The third kappa shape index (κ3) is 7.25. The minimum absolute atomic E-state index is 0.0823. The molecule has 0 atom stereocenters. The van der Waals surface area contributed by atoms with Crippen LogP contribution in [0.4, 0.5) is 29.7 Å². The van der Waals surface area contributed by atoms with E-state index in [1.165, 1.54) is 18.2 Å². The van der Waals surface area contributed by atoms with Gasteiger partial charge in [-0.05, 0) is 43.9 Å². The molecule has 13 nitrogen and oxygen atoms in total. The second kappa shape index (κ2) is 12.6. The summed E-state index contributed by atoms with van der Waals surface area (Å²) in [7, 11) is -2.28. The van der Waals surface area contributed by atoms with Crippen LogP contribution in [-0.2, 0) is 16.0 Å². The smallest absolute Gasteiger partial charge is 0.419 e. The van der Waals surface area contributed by atoms with Crippen LogP contribution in [0.15, 0.2) is 60.3 Å². The van der Waals surface area contributed by atoms with E-state index in [0.717, 1.165) is 24.7 Å². The number of aromatic nitrogens is 6. The number of rotatable bonds is 8. The summed E-state index contributed by atoms with van der Waals surface area (Å²) < 4.78 is 70.3. The maximum absolute atomic E-state index is 13.8. The van der Waals surface area contributed by atoms with Crippen molar-refractivity contribution < 1.29 is 36.2 Å². The molecule has 0 spiro atoms. The molecule has 4 aromatic rings. The molecule has 4 aromatic heterocycles. The molecular formula is C28H27F3N8O5S. The topological polar surface area (TPSA) is 173 Å². The monoisotopic (exact) mass is 644 g/mol. The zero-order valence-corrected chi connectivity index (χ0v) is 24.7. The van der Waals surface area contributed by atoms with Crippen molar-refractivity contribution >= 4 is 27.7 Å². The van der Waals surface area contributed by atoms with Crippen LogP contribution < -0.4 is 15.0 Å². The van der Waals surface area contributed by atoms with Crippen LogP contribution >= 0.6 is 0 Å². The third-order valence-corrected chi connectivity index (χ3v) is 8.33. The van der Waals surface area contributed by atoms with E-state index in [1.807, 2.05) is 0 Å². The highest BCUT2D eigenvalue weighted by Gasteiger charge is 2.36. The van der Waals surface area contributed by atoms with E-state index in [0.29, 0.717) is 43.0 Å². The Morgan fingerprint density at radius 3 is 2.22 bits per heavy atom. The Balaban J connectivity index is 1.30. The Morgan fingerprint density at radius 1 is 0.956 bits per heavy atom. The van der Waals surface area contributed by atoms with Crippen LogP contribution in [0, 0.1) is 0 Å². The minimum Gasteiger partial charge on any atom is -0.467 e. The van der Waals surface area contributed by atoms with E-state index in [4.69, 9.17) is 4.74 Å². The average Bonchev–Trinajstić information content (AvgIpc) is 3.01. The lowest BCUT2D eigenvalue weighted by Gasteiger charge is -2.35. The predicted octanol–water partition coefficient (Wildman–Crippen LogP) is 4.73. The van der Waals surface area contributed by atoms with E-state index >= 15 is 0 Å². The van der Waals surface area contributed by atoms with Gasteiger partial charge in [0, 0.05) is 72.2 Å². The van der Waals surface area contributed by atoms with E-state index < -0.39 is 39.4 Å². The van der Waals surface area contributed by atoms with E-state index in [-0.39, 0.29) is 34.3 Å². The number of pyridine rings is 2. The Labute approximate surface area is 255 Å². The van der Waals surface area contributed by atoms with Gasteiger partial charge in [-0.15, -0.1) is 0 Å². The lowest BCUT2D eigenvalue weighted by Crippen LogP contribution is -2.44. The highest BCUT2D eigenvalue weighted by atomic mass is 32.2. The molecule has 1 amide bonds. The molecule has 45 heavy (non-hydrogen) atoms. The van der Waals surface area contributed by atoms with Crippen molar-refractivity contribution in [2.24, 2.45) is 0 Å². The molecule has 0 aliphatic heterocycles. The summed E-state index contributed by atoms with van der Waals surface area (Å²) in [5.41, 5.74) is -0.418. The van der Waals surface area contributed by atoms with E-state index in [2.05, 4.69) is 35.2 Å². The molecule has 0 radical (unpaired) electrons. The number of amides is 1. The fraction of sp³-hybridized carbons (Fsp3) is 0.321. The van der Waals surface area contributed by atoms with Crippen LogP contribution in [0.2, 0.25) is 0 Å². The van der Waals surface area contributed by atoms with Crippen molar-refractivity contribution in [3.05, 3.63) is 60.9 Å². The number of nitrogens with zero attached hydrogens (tertiary/aromatic N) is 7. The summed E-state index contributed by atoms with van der Waals surface area (Å²) in [5, 5.41) is 13.1. The molecule has 0 bridgehead atoms. The van der Waals surface area contributed by atoms with E-state index in [9.17, 15) is 31.5 Å². The van der Waals surface area contributed by atoms with Gasteiger partial charge in [-0.25, -0.2) is 38.1 Å². The van der Waals surface area contributed by atoms with Gasteiger partial charge in [0.1, 0.15) is 11.4 Å². The highest BCUT2D eigenvalue weighted by molar-refractivity contribution is 7.90. The van der Waals surface area contributed by atoms with Crippen molar-refractivity contribution in [2.75, 3.05) is 23.6 Å². The fourth-order valence-corrected chi connectivity index (χ4v) is 5.60. The number of ether oxygens (including phenoxy) is 1. The van der Waals surface area contributed by atoms with Crippen molar-refractivity contribution in [1.29, 1.82) is 0 Å². The first-order chi connectivity index (χ1) is 21.3. The van der Waals surface area contributed by atoms with Gasteiger partial charge in [0.05, 0.1) is 17.7 Å². The molecule has 5 rings (SSSR count). The second-order valence-electron chi connectivity index (χ2n) is 10.3. The quantitative estimate of drug-likeness (QED) is 0.270. The van der Waals surface area contributed by atoms with Gasteiger partial charge in [-0.1, -0.05) is 0 Å². The summed E-state index contributed by atoms with van der Waals surface area (Å²) in [6, 6.07) is 3.97. The molecule has 0 saturated heterocycles. The lowest BCUT2D eigenvalue weighted by molar-refractivity contribution is -0.137. The van der Waals surface area contributed by atoms with Gasteiger partial charge in [-0.2, -0.15) is 13.2 Å². The average molecular weight is 645 g/mol. The summed E-state index contributed by atoms with van der Waals surface area (Å²) in [6.45, 7) is 0. The summed E-state index contributed by atoms with van der Waals surface area (Å²) >= 11 is 0. The zero-order chi connectivity index (χ0) is 32.4. The van der Waals surface area contributed by atoms with Crippen molar-refractivity contribution in [2.45, 2.75) is 48.8 Å². The number of methoxy groups -OCH3 is 1. The van der Waals surface area contributed by atoms with Crippen LogP contribution in [0.25, 0.3) is 22.4 Å². The van der Waals surface area contributed by atoms with Gasteiger partial charge in [0.25, 0.3) is 0 Å². The Hall–Kier alpha value is -4.93. The number of hydrogen-bond acceptors (Lipinski definition) is 11. The fourth-order valence-electron chi connectivity index (χ4n) is 5.00. The number of sulfone groups is 1. The molecule has 2 N–H and O–H groups in total. The molecule has 1 aliphatic carbocycles. The Morgan fingerprint density at radius 2 is 1.64 bits per heavy atom. The van der Waals surface area contributed by atoms with Crippen LogP contribution in [0.1, 0.15) is 31.2 Å². The van der Waals surface area contributed by atoms with Gasteiger partial charge in [0.15, 0.2) is 9.84 Å². The largest absolute Gasteiger partial charge is 0.467 e. The standard InChI is InChI=1S/C28H27F3N8O5S/c1-44-26-35-12-18(13-36-26)16-3-8-23(33-11-16)39(27(40)41)20-6-4-19(5-7-20)37-25-34-15-22(28(29,30)31)24(38-25)17-9-21(14-32-10-17)45(2,42)43/h3,8-15,19-20H,4-7H2,1-2H3,(H,40,41)(H,34,37,38). The zero-order valence-electron chi connectivity index (χ0n) is 23.9. The van der Waals surface area contributed by atoms with E-state index in [1.54, 1.807) is 24.5 Å². The molecule has 4 heterocycles. The highest BCUT2D eigenvalue weighted by Crippen LogP contribution is 2.37. The van der Waals surface area contributed by atoms with Crippen molar-refractivity contribution in [3.8, 4) is 28.4 Å². The Kier molecular flexibility index (Phi) is 8.81. The summed E-state index contributed by atoms with van der Waals surface area (Å²) in [4.78, 5) is 37.4. The number of anilines is 2. The first-order valence-corrected chi connectivity index (χ1v) is 15.4. The van der Waals surface area contributed by atoms with Crippen molar-refractivity contribution in [1.82, 2.24) is 29.9 Å². The van der Waals surface area contributed by atoms with Gasteiger partial charge in [-0.3, -0.25) is 9.88 Å². The number of alkyl halides is 3. The molecule has 0 unspecified atom stereocenters. The first kappa shape index (κ1) is 31.5. The molecule has 236 valence electrons. The number of halogens is 3. The Bertz CT molecular complexity index is 1780. The number of nitrogens with one attached hydrogen (secondary N) is 1. The van der Waals surface area contributed by atoms with Gasteiger partial charge >= 0.3 is 18.3 Å². The minimum atomic E-state index is -4.80. The van der Waals surface area contributed by atoms with Gasteiger partial charge in [0.2, 0.25) is 5.95 Å². The second-order valence-corrected chi connectivity index (χ2v) is 12.3. The number of carbonyl (C=O) groups is 1. The SMILES string of the molecule is COc1ncc(-c2ccc(N(C(=O)O)C3CCC(Nc4ncc(C(F)(F)F)c(-c5cncc(S(C)(=O)=O)c5)n4)CC3)nc2)cn1. The lowest BCUT2D eigenvalue weighted by atomic mass is 9.90. The maximum atomic E-state index is 13.8. The normalized spacial score (nSPS) is 17.0. The van der Waals surface area contributed by atoms with Crippen LogP contribution in [0.5, 0.6) is 6.01 Å².